The van der Waals surface area contributed by atoms with Gasteiger partial charge in [0.25, 0.3) is 0 Å². The first-order valence-corrected chi connectivity index (χ1v) is 9.88. The maximum absolute atomic E-state index is 11.8. The lowest BCUT2D eigenvalue weighted by atomic mass is 10.00. The van der Waals surface area contributed by atoms with Crippen LogP contribution in [0.25, 0.3) is 5.70 Å². The summed E-state index contributed by atoms with van der Waals surface area (Å²) in [5, 5.41) is 2.05. The van der Waals surface area contributed by atoms with E-state index in [1.165, 1.54) is 7.11 Å². The van der Waals surface area contributed by atoms with Crippen LogP contribution < -0.4 is 14.9 Å². The van der Waals surface area contributed by atoms with Crippen LogP contribution in [0.3, 0.4) is 0 Å². The number of pyridine rings is 1. The molecule has 2 aromatic carbocycles. The fourth-order valence-electron chi connectivity index (χ4n) is 3.96. The Labute approximate surface area is 179 Å². The maximum Gasteiger partial charge on any atom is 0.337 e. The third-order valence-electron chi connectivity index (χ3n) is 5.49. The SMILES string of the molecule is COC(=O)c1ccc(C2Oc3c(OC)cccc3C3C=C(c4cccnc4)NN32)cc1. The number of ether oxygens (including phenoxy) is 3. The molecule has 7 heteroatoms. The molecule has 0 bridgehead atoms. The van der Waals surface area contributed by atoms with E-state index in [1.54, 1.807) is 25.4 Å². The Bertz CT molecular complexity index is 1150. The molecule has 7 nitrogen and oxygen atoms in total. The number of hydrogen-bond acceptors (Lipinski definition) is 7. The average Bonchev–Trinajstić information content (AvgIpc) is 3.29. The second-order valence-electron chi connectivity index (χ2n) is 7.25. The Morgan fingerprint density at radius 2 is 1.94 bits per heavy atom. The summed E-state index contributed by atoms with van der Waals surface area (Å²) in [6.45, 7) is 0. The van der Waals surface area contributed by atoms with Crippen LogP contribution in [-0.2, 0) is 4.74 Å². The first-order valence-electron chi connectivity index (χ1n) is 9.88. The van der Waals surface area contributed by atoms with Crippen molar-refractivity contribution in [3.63, 3.8) is 0 Å². The summed E-state index contributed by atoms with van der Waals surface area (Å²) >= 11 is 0. The number of methoxy groups -OCH3 is 2. The largest absolute Gasteiger partial charge is 0.493 e. The Kier molecular flexibility index (Phi) is 4.80. The van der Waals surface area contributed by atoms with Crippen LogP contribution >= 0.6 is 0 Å². The van der Waals surface area contributed by atoms with Crippen molar-refractivity contribution in [3.8, 4) is 11.5 Å². The minimum absolute atomic E-state index is 0.0701. The van der Waals surface area contributed by atoms with Crippen molar-refractivity contribution in [3.05, 3.63) is 95.3 Å². The van der Waals surface area contributed by atoms with Crippen LogP contribution in [-0.4, -0.2) is 30.2 Å². The summed E-state index contributed by atoms with van der Waals surface area (Å²) < 4.78 is 16.8. The monoisotopic (exact) mass is 415 g/mol. The first kappa shape index (κ1) is 19.1. The van der Waals surface area contributed by atoms with Crippen molar-refractivity contribution in [1.82, 2.24) is 15.4 Å². The van der Waals surface area contributed by atoms with E-state index in [-0.39, 0.29) is 12.0 Å². The third kappa shape index (κ3) is 3.29. The van der Waals surface area contributed by atoms with Gasteiger partial charge in [0, 0.05) is 29.1 Å². The van der Waals surface area contributed by atoms with E-state index in [0.717, 1.165) is 22.4 Å². The normalized spacial score (nSPS) is 19.4. The number of carbonyl (C=O) groups excluding carboxylic acids is 1. The first-order chi connectivity index (χ1) is 15.2. The molecule has 0 aliphatic carbocycles. The summed E-state index contributed by atoms with van der Waals surface area (Å²) in [5.41, 5.74) is 7.81. The Hall–Kier alpha value is -3.84. The van der Waals surface area contributed by atoms with Gasteiger partial charge < -0.3 is 19.6 Å². The van der Waals surface area contributed by atoms with Crippen LogP contribution in [0.15, 0.2) is 73.1 Å². The van der Waals surface area contributed by atoms with E-state index in [0.29, 0.717) is 17.1 Å². The highest BCUT2D eigenvalue weighted by molar-refractivity contribution is 5.89. The average molecular weight is 415 g/mol. The predicted octanol–water partition coefficient (Wildman–Crippen LogP) is 3.87. The number of rotatable bonds is 4. The second-order valence-corrected chi connectivity index (χ2v) is 7.25. The van der Waals surface area contributed by atoms with Crippen LogP contribution in [0.2, 0.25) is 0 Å². The molecule has 0 spiro atoms. The topological polar surface area (TPSA) is 72.9 Å². The third-order valence-corrected chi connectivity index (χ3v) is 5.49. The zero-order chi connectivity index (χ0) is 21.4. The molecule has 2 unspecified atom stereocenters. The molecule has 2 aliphatic heterocycles. The minimum Gasteiger partial charge on any atom is -0.493 e. The summed E-state index contributed by atoms with van der Waals surface area (Å²) in [6.07, 6.45) is 5.30. The van der Waals surface area contributed by atoms with Gasteiger partial charge in [0.2, 0.25) is 0 Å². The number of benzene rings is 2. The van der Waals surface area contributed by atoms with Gasteiger partial charge in [-0.2, -0.15) is 5.01 Å². The van der Waals surface area contributed by atoms with E-state index in [1.807, 2.05) is 48.7 Å². The molecule has 1 N–H and O–H groups in total. The molecule has 0 fully saturated rings. The Morgan fingerprint density at radius 1 is 1.10 bits per heavy atom. The van der Waals surface area contributed by atoms with Crippen LogP contribution in [0.1, 0.15) is 39.3 Å². The molecule has 3 heterocycles. The highest BCUT2D eigenvalue weighted by atomic mass is 16.5. The van der Waals surface area contributed by atoms with Gasteiger partial charge in [-0.05, 0) is 36.4 Å². The Morgan fingerprint density at radius 3 is 2.65 bits per heavy atom. The smallest absolute Gasteiger partial charge is 0.337 e. The van der Waals surface area contributed by atoms with Crippen LogP contribution in [0.4, 0.5) is 0 Å². The van der Waals surface area contributed by atoms with E-state index >= 15 is 0 Å². The molecule has 0 saturated heterocycles. The van der Waals surface area contributed by atoms with E-state index in [9.17, 15) is 4.79 Å². The molecule has 1 aromatic heterocycles. The molecule has 3 aromatic rings. The van der Waals surface area contributed by atoms with Crippen molar-refractivity contribution >= 4 is 11.7 Å². The van der Waals surface area contributed by atoms with Crippen molar-refractivity contribution in [2.24, 2.45) is 0 Å². The zero-order valence-electron chi connectivity index (χ0n) is 17.1. The van der Waals surface area contributed by atoms with Crippen molar-refractivity contribution in [2.45, 2.75) is 12.3 Å². The summed E-state index contributed by atoms with van der Waals surface area (Å²) in [5.74, 6) is 1.01. The fourth-order valence-corrected chi connectivity index (χ4v) is 3.96. The molecular weight excluding hydrogens is 394 g/mol. The standard InChI is InChI=1S/C24H21N3O4/c1-29-21-7-3-6-18-20-13-19(17-5-4-12-25-14-17)26-27(20)23(31-22(18)21)15-8-10-16(11-9-15)24(28)30-2/h3-14,20,23,26H,1-2H3. The van der Waals surface area contributed by atoms with Gasteiger partial charge in [-0.3, -0.25) is 4.98 Å². The number of esters is 1. The lowest BCUT2D eigenvalue weighted by Crippen LogP contribution is -2.43. The van der Waals surface area contributed by atoms with Gasteiger partial charge in [0.1, 0.15) is 0 Å². The van der Waals surface area contributed by atoms with E-state index in [4.69, 9.17) is 14.2 Å². The molecule has 5 rings (SSSR count). The van der Waals surface area contributed by atoms with Crippen LogP contribution in [0.5, 0.6) is 11.5 Å². The Balaban J connectivity index is 1.57. The molecule has 2 aliphatic rings. The number of fused-ring (bicyclic) bond motifs is 3. The zero-order valence-corrected chi connectivity index (χ0v) is 17.1. The van der Waals surface area contributed by atoms with Gasteiger partial charge in [-0.1, -0.05) is 24.3 Å². The highest BCUT2D eigenvalue weighted by Crippen LogP contribution is 2.49. The van der Waals surface area contributed by atoms with E-state index in [2.05, 4.69) is 21.5 Å². The van der Waals surface area contributed by atoms with Gasteiger partial charge in [0.05, 0.1) is 31.5 Å². The molecule has 2 atom stereocenters. The lowest BCUT2D eigenvalue weighted by molar-refractivity contribution is -0.0343. The van der Waals surface area contributed by atoms with Gasteiger partial charge >= 0.3 is 5.97 Å². The number of carbonyl (C=O) groups is 1. The van der Waals surface area contributed by atoms with Gasteiger partial charge in [-0.15, -0.1) is 0 Å². The second kappa shape index (κ2) is 7.77. The van der Waals surface area contributed by atoms with Gasteiger partial charge in [-0.25, -0.2) is 4.79 Å². The van der Waals surface area contributed by atoms with Crippen LogP contribution in [0, 0.1) is 0 Å². The number of aromatic nitrogens is 1. The summed E-state index contributed by atoms with van der Waals surface area (Å²) in [6, 6.07) is 17.0. The highest BCUT2D eigenvalue weighted by Gasteiger charge is 2.41. The number of hydrogen-bond donors (Lipinski definition) is 1. The van der Waals surface area contributed by atoms with Gasteiger partial charge in [0.15, 0.2) is 17.7 Å². The quantitative estimate of drug-likeness (QED) is 0.649. The number of nitrogens with zero attached hydrogens (tertiary/aromatic N) is 2. The number of para-hydroxylation sites is 1. The molecular formula is C24H21N3O4. The molecule has 0 saturated carbocycles. The predicted molar refractivity (Wildman–Crippen MR) is 114 cm³/mol. The van der Waals surface area contributed by atoms with E-state index < -0.39 is 6.23 Å². The van der Waals surface area contributed by atoms with Crippen molar-refractivity contribution < 1.29 is 19.0 Å². The maximum atomic E-state index is 11.8. The molecule has 0 amide bonds. The van der Waals surface area contributed by atoms with Crippen molar-refractivity contribution in [1.29, 1.82) is 0 Å². The minimum atomic E-state index is -0.439. The molecule has 31 heavy (non-hydrogen) atoms. The lowest BCUT2D eigenvalue weighted by Gasteiger charge is -2.39. The summed E-state index contributed by atoms with van der Waals surface area (Å²) in [7, 11) is 3.00. The fraction of sp³-hybridized carbons (Fsp3) is 0.167. The number of nitrogens with one attached hydrogen (secondary N) is 1. The molecule has 156 valence electrons. The van der Waals surface area contributed by atoms with Crippen molar-refractivity contribution in [2.75, 3.05) is 14.2 Å². The summed E-state index contributed by atoms with van der Waals surface area (Å²) in [4.78, 5) is 16.1. The molecule has 0 radical (unpaired) electrons. The number of hydrazine groups is 1.